The minimum atomic E-state index is -0.385. The fraction of sp³-hybridized carbons (Fsp3) is 0.0714. The molecule has 18 heavy (non-hydrogen) atoms. The van der Waals surface area contributed by atoms with Crippen LogP contribution in [-0.2, 0) is 0 Å². The number of aromatic hydroxyl groups is 1. The van der Waals surface area contributed by atoms with E-state index in [-0.39, 0.29) is 17.2 Å². The second-order valence-electron chi connectivity index (χ2n) is 3.90. The van der Waals surface area contributed by atoms with Crippen LogP contribution in [0, 0.1) is 6.92 Å². The Balaban J connectivity index is 2.30. The number of carbonyl (C=O) groups is 1. The molecule has 2 rings (SSSR count). The van der Waals surface area contributed by atoms with Crippen LogP contribution in [0.5, 0.6) is 5.75 Å². The zero-order chi connectivity index (χ0) is 13.1. The van der Waals surface area contributed by atoms with E-state index in [2.05, 4.69) is 5.32 Å². The van der Waals surface area contributed by atoms with Crippen LogP contribution in [0.2, 0.25) is 5.02 Å². The summed E-state index contributed by atoms with van der Waals surface area (Å²) in [5.41, 5.74) is 1.65. The van der Waals surface area contributed by atoms with E-state index < -0.39 is 0 Å². The van der Waals surface area contributed by atoms with Crippen molar-refractivity contribution >= 4 is 23.2 Å². The number of hydrogen-bond donors (Lipinski definition) is 2. The first-order chi connectivity index (χ1) is 8.59. The Kier molecular flexibility index (Phi) is 3.53. The number of carbonyl (C=O) groups excluding carboxylic acids is 1. The smallest absolute Gasteiger partial charge is 0.259 e. The summed E-state index contributed by atoms with van der Waals surface area (Å²) in [6, 6.07) is 11.7. The van der Waals surface area contributed by atoms with Crippen molar-refractivity contribution in [3.63, 3.8) is 0 Å². The molecule has 0 aromatic heterocycles. The summed E-state index contributed by atoms with van der Waals surface area (Å²) in [4.78, 5) is 12.0. The number of nitrogens with one attached hydrogen (secondary N) is 1. The summed E-state index contributed by atoms with van der Waals surface area (Å²) in [5.74, 6) is -0.441. The first-order valence-electron chi connectivity index (χ1n) is 5.44. The first-order valence-corrected chi connectivity index (χ1v) is 5.82. The van der Waals surface area contributed by atoms with Gasteiger partial charge in [0.25, 0.3) is 5.91 Å². The van der Waals surface area contributed by atoms with Crippen molar-refractivity contribution < 1.29 is 9.90 Å². The van der Waals surface area contributed by atoms with Crippen LogP contribution < -0.4 is 5.32 Å². The third kappa shape index (κ3) is 2.46. The van der Waals surface area contributed by atoms with E-state index in [1.807, 2.05) is 19.1 Å². The number of halogens is 1. The van der Waals surface area contributed by atoms with Gasteiger partial charge in [-0.3, -0.25) is 4.79 Å². The van der Waals surface area contributed by atoms with E-state index in [0.29, 0.717) is 10.7 Å². The lowest BCUT2D eigenvalue weighted by atomic mass is 10.1. The van der Waals surface area contributed by atoms with Gasteiger partial charge in [-0.25, -0.2) is 0 Å². The maximum absolute atomic E-state index is 12.0. The van der Waals surface area contributed by atoms with Gasteiger partial charge in [0.05, 0.1) is 16.3 Å². The van der Waals surface area contributed by atoms with E-state index in [4.69, 9.17) is 11.6 Å². The summed E-state index contributed by atoms with van der Waals surface area (Å²) in [7, 11) is 0. The highest BCUT2D eigenvalue weighted by Gasteiger charge is 2.13. The molecule has 0 radical (unpaired) electrons. The number of para-hydroxylation sites is 2. The van der Waals surface area contributed by atoms with E-state index in [1.54, 1.807) is 24.3 Å². The second-order valence-corrected chi connectivity index (χ2v) is 4.31. The minimum Gasteiger partial charge on any atom is -0.507 e. The highest BCUT2D eigenvalue weighted by atomic mass is 35.5. The molecular weight excluding hydrogens is 250 g/mol. The number of hydrogen-bond acceptors (Lipinski definition) is 2. The minimum absolute atomic E-state index is 0.0558. The lowest BCUT2D eigenvalue weighted by Crippen LogP contribution is -2.13. The number of phenolic OH excluding ortho intramolecular Hbond substituents is 1. The molecule has 0 heterocycles. The quantitative estimate of drug-likeness (QED) is 0.868. The van der Waals surface area contributed by atoms with Crippen molar-refractivity contribution in [1.82, 2.24) is 0 Å². The van der Waals surface area contributed by atoms with Gasteiger partial charge in [-0.1, -0.05) is 35.9 Å². The van der Waals surface area contributed by atoms with Crippen molar-refractivity contribution in [2.45, 2.75) is 6.92 Å². The van der Waals surface area contributed by atoms with Gasteiger partial charge in [0.2, 0.25) is 0 Å². The zero-order valence-corrected chi connectivity index (χ0v) is 10.5. The Morgan fingerprint density at radius 2 is 1.89 bits per heavy atom. The van der Waals surface area contributed by atoms with Gasteiger partial charge >= 0.3 is 0 Å². The average Bonchev–Trinajstić information content (AvgIpc) is 2.34. The molecule has 2 N–H and O–H groups in total. The topological polar surface area (TPSA) is 49.3 Å². The molecule has 1 amide bonds. The predicted octanol–water partition coefficient (Wildman–Crippen LogP) is 3.61. The van der Waals surface area contributed by atoms with Crippen molar-refractivity contribution in [3.05, 3.63) is 58.6 Å². The van der Waals surface area contributed by atoms with Crippen molar-refractivity contribution in [1.29, 1.82) is 0 Å². The standard InChI is InChI=1S/C14H12ClNO2/c1-9-5-4-7-11(15)13(9)16-14(18)10-6-2-3-8-12(10)17/h2-8,17H,1H3,(H,16,18). The number of amides is 1. The van der Waals surface area contributed by atoms with E-state index in [0.717, 1.165) is 5.56 Å². The Morgan fingerprint density at radius 1 is 1.17 bits per heavy atom. The molecule has 0 saturated carbocycles. The molecule has 0 saturated heterocycles. The monoisotopic (exact) mass is 261 g/mol. The Bertz CT molecular complexity index is 576. The van der Waals surface area contributed by atoms with Gasteiger partial charge in [-0.05, 0) is 30.7 Å². The van der Waals surface area contributed by atoms with Crippen LogP contribution in [0.3, 0.4) is 0 Å². The molecule has 0 aliphatic heterocycles. The zero-order valence-electron chi connectivity index (χ0n) is 9.77. The summed E-state index contributed by atoms with van der Waals surface area (Å²) in [6.45, 7) is 1.85. The molecular formula is C14H12ClNO2. The average molecular weight is 262 g/mol. The lowest BCUT2D eigenvalue weighted by molar-refractivity contribution is 0.102. The molecule has 4 heteroatoms. The lowest BCUT2D eigenvalue weighted by Gasteiger charge is -2.10. The Labute approximate surface area is 110 Å². The van der Waals surface area contributed by atoms with Gasteiger partial charge in [0.15, 0.2) is 0 Å². The van der Waals surface area contributed by atoms with E-state index >= 15 is 0 Å². The maximum Gasteiger partial charge on any atom is 0.259 e. The molecule has 0 aliphatic carbocycles. The second kappa shape index (κ2) is 5.10. The molecule has 92 valence electrons. The van der Waals surface area contributed by atoms with Crippen LogP contribution in [0.15, 0.2) is 42.5 Å². The van der Waals surface area contributed by atoms with Crippen LogP contribution in [0.1, 0.15) is 15.9 Å². The molecule has 0 unspecified atom stereocenters. The number of rotatable bonds is 2. The molecule has 3 nitrogen and oxygen atoms in total. The van der Waals surface area contributed by atoms with Crippen molar-refractivity contribution in [2.75, 3.05) is 5.32 Å². The molecule has 2 aromatic rings. The fourth-order valence-electron chi connectivity index (χ4n) is 1.64. The van der Waals surface area contributed by atoms with Crippen LogP contribution >= 0.6 is 11.6 Å². The maximum atomic E-state index is 12.0. The van der Waals surface area contributed by atoms with Gasteiger partial charge in [-0.15, -0.1) is 0 Å². The molecule has 0 aliphatic rings. The van der Waals surface area contributed by atoms with Gasteiger partial charge in [0.1, 0.15) is 5.75 Å². The first kappa shape index (κ1) is 12.5. The Hall–Kier alpha value is -2.00. The van der Waals surface area contributed by atoms with Crippen molar-refractivity contribution in [3.8, 4) is 5.75 Å². The van der Waals surface area contributed by atoms with Gasteiger partial charge in [0, 0.05) is 0 Å². The van der Waals surface area contributed by atoms with E-state index in [9.17, 15) is 9.90 Å². The summed E-state index contributed by atoms with van der Waals surface area (Å²) < 4.78 is 0. The van der Waals surface area contributed by atoms with Gasteiger partial charge < -0.3 is 10.4 Å². The van der Waals surface area contributed by atoms with Crippen molar-refractivity contribution in [2.24, 2.45) is 0 Å². The highest BCUT2D eigenvalue weighted by Crippen LogP contribution is 2.26. The van der Waals surface area contributed by atoms with Gasteiger partial charge in [-0.2, -0.15) is 0 Å². The molecule has 2 aromatic carbocycles. The number of anilines is 1. The number of benzene rings is 2. The SMILES string of the molecule is Cc1cccc(Cl)c1NC(=O)c1ccccc1O. The van der Waals surface area contributed by atoms with Crippen LogP contribution in [0.25, 0.3) is 0 Å². The highest BCUT2D eigenvalue weighted by molar-refractivity contribution is 6.34. The largest absolute Gasteiger partial charge is 0.507 e. The fourth-order valence-corrected chi connectivity index (χ4v) is 1.91. The van der Waals surface area contributed by atoms with E-state index in [1.165, 1.54) is 6.07 Å². The summed E-state index contributed by atoms with van der Waals surface area (Å²) in [6.07, 6.45) is 0. The predicted molar refractivity (Wildman–Crippen MR) is 72.2 cm³/mol. The normalized spacial score (nSPS) is 10.1. The van der Waals surface area contributed by atoms with Crippen LogP contribution in [-0.4, -0.2) is 11.0 Å². The molecule has 0 bridgehead atoms. The molecule has 0 atom stereocenters. The third-order valence-electron chi connectivity index (χ3n) is 2.61. The number of phenols is 1. The van der Waals surface area contributed by atoms with Crippen LogP contribution in [0.4, 0.5) is 5.69 Å². The Morgan fingerprint density at radius 3 is 2.56 bits per heavy atom. The number of aryl methyl sites for hydroxylation is 1. The summed E-state index contributed by atoms with van der Waals surface area (Å²) >= 11 is 6.02. The third-order valence-corrected chi connectivity index (χ3v) is 2.92. The molecule has 0 spiro atoms. The summed E-state index contributed by atoms with van der Waals surface area (Å²) in [5, 5.41) is 12.8. The molecule has 0 fully saturated rings.